The fraction of sp³-hybridized carbons (Fsp3) is 0.400. The first kappa shape index (κ1) is 14.9. The molecule has 1 heterocycles. The van der Waals surface area contributed by atoms with Crippen molar-refractivity contribution >= 4 is 34.1 Å². The molecule has 0 saturated carbocycles. The number of aromatic nitrogens is 1. The number of carbonyl (C=O) groups excluding carboxylic acids is 1. The molecule has 0 unspecified atom stereocenters. The Morgan fingerprint density at radius 3 is 2.63 bits per heavy atom. The third kappa shape index (κ3) is 3.65. The molecular formula is C10H14N4O4S. The Kier molecular flexibility index (Phi) is 4.43. The second-order valence-electron chi connectivity index (χ2n) is 4.00. The van der Waals surface area contributed by atoms with E-state index in [2.05, 4.69) is 15.5 Å². The van der Waals surface area contributed by atoms with Gasteiger partial charge in [0.1, 0.15) is 5.69 Å². The quantitative estimate of drug-likeness (QED) is 0.518. The molecule has 104 valence electrons. The van der Waals surface area contributed by atoms with Gasteiger partial charge in [0, 0.05) is 12.4 Å². The van der Waals surface area contributed by atoms with Crippen LogP contribution in [0.25, 0.3) is 0 Å². The number of carboxylic acids is 1. The minimum atomic E-state index is -1.55. The van der Waals surface area contributed by atoms with Crippen molar-refractivity contribution < 1.29 is 19.5 Å². The van der Waals surface area contributed by atoms with E-state index in [4.69, 9.17) is 15.7 Å². The zero-order valence-corrected chi connectivity index (χ0v) is 11.4. The van der Waals surface area contributed by atoms with E-state index in [1.165, 1.54) is 26.3 Å². The SMILES string of the molecule is CNC(=O)/C(=N\OC(C)(C)C(=O)O)c1csc(N)n1. The van der Waals surface area contributed by atoms with Gasteiger partial charge in [-0.25, -0.2) is 9.78 Å². The summed E-state index contributed by atoms with van der Waals surface area (Å²) in [6.45, 7) is 2.63. The van der Waals surface area contributed by atoms with E-state index in [0.717, 1.165) is 11.3 Å². The number of carboxylic acid groups (broad SMARTS) is 1. The summed E-state index contributed by atoms with van der Waals surface area (Å²) in [5.41, 5.74) is 4.01. The summed E-state index contributed by atoms with van der Waals surface area (Å²) < 4.78 is 0. The van der Waals surface area contributed by atoms with Crippen LogP contribution in [-0.2, 0) is 14.4 Å². The van der Waals surface area contributed by atoms with Crippen LogP contribution in [-0.4, -0.2) is 40.3 Å². The van der Waals surface area contributed by atoms with E-state index in [-0.39, 0.29) is 16.5 Å². The van der Waals surface area contributed by atoms with Crippen molar-refractivity contribution in [3.63, 3.8) is 0 Å². The van der Waals surface area contributed by atoms with E-state index in [1.54, 1.807) is 0 Å². The Hall–Kier alpha value is -2.16. The fourth-order valence-electron chi connectivity index (χ4n) is 0.918. The second kappa shape index (κ2) is 5.65. The first-order chi connectivity index (χ1) is 8.77. The highest BCUT2D eigenvalue weighted by Crippen LogP contribution is 2.14. The lowest BCUT2D eigenvalue weighted by Gasteiger charge is -2.16. The average Bonchev–Trinajstić information content (AvgIpc) is 2.75. The van der Waals surface area contributed by atoms with Gasteiger partial charge in [0.25, 0.3) is 5.91 Å². The van der Waals surface area contributed by atoms with E-state index in [9.17, 15) is 9.59 Å². The Balaban J connectivity index is 3.05. The average molecular weight is 286 g/mol. The summed E-state index contributed by atoms with van der Waals surface area (Å²) in [7, 11) is 1.41. The molecule has 0 saturated heterocycles. The van der Waals surface area contributed by atoms with Crippen LogP contribution in [0.15, 0.2) is 10.5 Å². The molecule has 0 fully saturated rings. The zero-order chi connectivity index (χ0) is 14.6. The van der Waals surface area contributed by atoms with Crippen LogP contribution in [0, 0.1) is 0 Å². The number of nitrogens with one attached hydrogen (secondary N) is 1. The topological polar surface area (TPSA) is 127 Å². The molecule has 0 aromatic carbocycles. The molecule has 1 rings (SSSR count). The third-order valence-corrected chi connectivity index (χ3v) is 2.76. The number of aliphatic carboxylic acids is 1. The number of nitrogens with zero attached hydrogens (tertiary/aromatic N) is 2. The number of oxime groups is 1. The Labute approximate surface area is 113 Å². The van der Waals surface area contributed by atoms with Gasteiger partial charge >= 0.3 is 5.97 Å². The molecule has 1 aromatic heterocycles. The summed E-state index contributed by atoms with van der Waals surface area (Å²) in [4.78, 5) is 31.3. The number of carbonyl (C=O) groups is 2. The molecule has 0 atom stereocenters. The monoisotopic (exact) mass is 286 g/mol. The van der Waals surface area contributed by atoms with Crippen LogP contribution in [0.1, 0.15) is 19.5 Å². The van der Waals surface area contributed by atoms with Gasteiger partial charge in [-0.3, -0.25) is 4.79 Å². The summed E-state index contributed by atoms with van der Waals surface area (Å²) in [5.74, 6) is -1.75. The standard InChI is InChI=1S/C10H14N4O4S/c1-10(2,8(16)17)18-14-6(7(15)12-3)5-4-19-9(11)13-5/h4H,1-3H3,(H2,11,13)(H,12,15)(H,16,17)/b14-6-. The summed E-state index contributed by atoms with van der Waals surface area (Å²) in [6.07, 6.45) is 0. The Morgan fingerprint density at radius 2 is 2.21 bits per heavy atom. The number of nitrogens with two attached hydrogens (primary N) is 1. The fourth-order valence-corrected chi connectivity index (χ4v) is 1.47. The smallest absolute Gasteiger partial charge is 0.350 e. The van der Waals surface area contributed by atoms with Gasteiger partial charge < -0.3 is 21.0 Å². The highest BCUT2D eigenvalue weighted by Gasteiger charge is 2.30. The molecule has 0 aliphatic carbocycles. The molecule has 4 N–H and O–H groups in total. The molecule has 1 aromatic rings. The van der Waals surface area contributed by atoms with Gasteiger partial charge in [0.2, 0.25) is 5.60 Å². The largest absolute Gasteiger partial charge is 0.478 e. The maximum Gasteiger partial charge on any atom is 0.350 e. The molecule has 19 heavy (non-hydrogen) atoms. The summed E-state index contributed by atoms with van der Waals surface area (Å²) >= 11 is 1.13. The third-order valence-electron chi connectivity index (χ3n) is 2.09. The number of hydrogen-bond acceptors (Lipinski definition) is 7. The molecule has 0 spiro atoms. The number of amides is 1. The first-order valence-corrected chi connectivity index (χ1v) is 6.09. The lowest BCUT2D eigenvalue weighted by Crippen LogP contribution is -2.35. The van der Waals surface area contributed by atoms with Crippen molar-refractivity contribution in [1.29, 1.82) is 0 Å². The molecule has 0 aliphatic heterocycles. The Bertz CT molecular complexity index is 523. The van der Waals surface area contributed by atoms with Crippen LogP contribution in [0.5, 0.6) is 0 Å². The van der Waals surface area contributed by atoms with Gasteiger partial charge in [-0.05, 0) is 13.8 Å². The maximum absolute atomic E-state index is 11.7. The minimum Gasteiger partial charge on any atom is -0.478 e. The summed E-state index contributed by atoms with van der Waals surface area (Å²) in [5, 5.41) is 16.6. The minimum absolute atomic E-state index is 0.134. The van der Waals surface area contributed by atoms with E-state index < -0.39 is 17.5 Å². The van der Waals surface area contributed by atoms with E-state index in [0.29, 0.717) is 0 Å². The van der Waals surface area contributed by atoms with Crippen molar-refractivity contribution in [2.45, 2.75) is 19.4 Å². The molecular weight excluding hydrogens is 272 g/mol. The van der Waals surface area contributed by atoms with Gasteiger partial charge in [0.05, 0.1) is 0 Å². The molecule has 8 nitrogen and oxygen atoms in total. The maximum atomic E-state index is 11.7. The number of rotatable bonds is 5. The molecule has 0 bridgehead atoms. The molecule has 9 heteroatoms. The second-order valence-corrected chi connectivity index (χ2v) is 4.89. The number of likely N-dealkylation sites (N-methyl/N-ethyl adjacent to an activating group) is 1. The highest BCUT2D eigenvalue weighted by atomic mass is 32.1. The van der Waals surface area contributed by atoms with Gasteiger partial charge in [-0.1, -0.05) is 5.16 Å². The van der Waals surface area contributed by atoms with E-state index in [1.807, 2.05) is 0 Å². The van der Waals surface area contributed by atoms with Crippen LogP contribution in [0.3, 0.4) is 0 Å². The number of anilines is 1. The lowest BCUT2D eigenvalue weighted by molar-refractivity contribution is -0.161. The van der Waals surface area contributed by atoms with Crippen LogP contribution in [0.2, 0.25) is 0 Å². The van der Waals surface area contributed by atoms with Crippen molar-refractivity contribution in [2.24, 2.45) is 5.16 Å². The van der Waals surface area contributed by atoms with Crippen molar-refractivity contribution in [2.75, 3.05) is 12.8 Å². The van der Waals surface area contributed by atoms with Gasteiger partial charge in [-0.15, -0.1) is 11.3 Å². The van der Waals surface area contributed by atoms with Crippen LogP contribution in [0.4, 0.5) is 5.13 Å². The number of thiazole rings is 1. The lowest BCUT2D eigenvalue weighted by atomic mass is 10.1. The van der Waals surface area contributed by atoms with Crippen molar-refractivity contribution in [3.8, 4) is 0 Å². The predicted molar refractivity (Wildman–Crippen MR) is 69.9 cm³/mol. The van der Waals surface area contributed by atoms with Crippen LogP contribution >= 0.6 is 11.3 Å². The Morgan fingerprint density at radius 1 is 1.58 bits per heavy atom. The number of nitrogen functional groups attached to an aromatic ring is 1. The molecule has 0 radical (unpaired) electrons. The highest BCUT2D eigenvalue weighted by molar-refractivity contribution is 7.13. The molecule has 1 amide bonds. The predicted octanol–water partition coefficient (Wildman–Crippen LogP) is 0.0552. The normalized spacial score (nSPS) is 12.1. The molecule has 0 aliphatic rings. The van der Waals surface area contributed by atoms with Crippen molar-refractivity contribution in [3.05, 3.63) is 11.1 Å². The zero-order valence-electron chi connectivity index (χ0n) is 10.6. The van der Waals surface area contributed by atoms with Gasteiger partial charge in [0.15, 0.2) is 10.8 Å². The first-order valence-electron chi connectivity index (χ1n) is 5.21. The van der Waals surface area contributed by atoms with Crippen molar-refractivity contribution in [1.82, 2.24) is 10.3 Å². The van der Waals surface area contributed by atoms with Crippen LogP contribution < -0.4 is 11.1 Å². The van der Waals surface area contributed by atoms with E-state index >= 15 is 0 Å². The summed E-state index contributed by atoms with van der Waals surface area (Å²) in [6, 6.07) is 0. The van der Waals surface area contributed by atoms with Gasteiger partial charge in [-0.2, -0.15) is 0 Å². The number of hydrogen-bond donors (Lipinski definition) is 3.